The number of hydrogen-bond acceptors (Lipinski definition) is 5. The molecule has 0 bridgehead atoms. The zero-order valence-electron chi connectivity index (χ0n) is 20.4. The summed E-state index contributed by atoms with van der Waals surface area (Å²) in [5, 5.41) is 4.78. The van der Waals surface area contributed by atoms with E-state index >= 15 is 0 Å². The molecule has 184 valence electrons. The van der Waals surface area contributed by atoms with Crippen molar-refractivity contribution in [3.8, 4) is 34.2 Å². The minimum atomic E-state index is 0.559. The molecule has 8 aromatic rings. The van der Waals surface area contributed by atoms with Crippen LogP contribution in [0.15, 0.2) is 118 Å². The molecule has 5 nitrogen and oxygen atoms in total. The second kappa shape index (κ2) is 8.51. The molecule has 0 N–H and O–H groups in total. The maximum atomic E-state index is 6.24. The largest absolute Gasteiger partial charge is 0.456 e. The number of para-hydroxylation sites is 1. The molecule has 3 heterocycles. The van der Waals surface area contributed by atoms with Crippen molar-refractivity contribution in [3.05, 3.63) is 114 Å². The summed E-state index contributed by atoms with van der Waals surface area (Å²) in [6.07, 6.45) is 0. The smallest absolute Gasteiger partial charge is 0.164 e. The van der Waals surface area contributed by atoms with Crippen molar-refractivity contribution < 1.29 is 8.83 Å². The van der Waals surface area contributed by atoms with Gasteiger partial charge >= 0.3 is 0 Å². The first-order valence-electron chi connectivity index (χ1n) is 12.5. The van der Waals surface area contributed by atoms with Crippen molar-refractivity contribution in [2.24, 2.45) is 0 Å². The first-order chi connectivity index (χ1) is 19.2. The van der Waals surface area contributed by atoms with Gasteiger partial charge in [0, 0.05) is 43.3 Å². The number of furan rings is 2. The highest BCUT2D eigenvalue weighted by atomic mass is 35.5. The van der Waals surface area contributed by atoms with E-state index in [-0.39, 0.29) is 0 Å². The van der Waals surface area contributed by atoms with Gasteiger partial charge in [-0.1, -0.05) is 72.3 Å². The molecule has 0 aliphatic heterocycles. The molecule has 0 atom stereocenters. The van der Waals surface area contributed by atoms with Gasteiger partial charge in [0.15, 0.2) is 17.5 Å². The Morgan fingerprint density at radius 3 is 1.64 bits per heavy atom. The predicted octanol–water partition coefficient (Wildman–Crippen LogP) is 9.32. The molecule has 0 unspecified atom stereocenters. The molecule has 0 amide bonds. The number of hydrogen-bond donors (Lipinski definition) is 0. The van der Waals surface area contributed by atoms with E-state index in [1.165, 1.54) is 0 Å². The van der Waals surface area contributed by atoms with Gasteiger partial charge < -0.3 is 8.83 Å². The highest BCUT2D eigenvalue weighted by Gasteiger charge is 2.16. The number of halogens is 1. The number of rotatable bonds is 3. The van der Waals surface area contributed by atoms with Crippen LogP contribution in [0.25, 0.3) is 78.0 Å². The Labute approximate surface area is 227 Å². The molecule has 8 rings (SSSR count). The monoisotopic (exact) mass is 523 g/mol. The third-order valence-corrected chi connectivity index (χ3v) is 7.23. The van der Waals surface area contributed by atoms with Crippen molar-refractivity contribution in [3.63, 3.8) is 0 Å². The number of nitrogens with zero attached hydrogens (tertiary/aromatic N) is 3. The number of fused-ring (bicyclic) bond motifs is 6. The van der Waals surface area contributed by atoms with E-state index < -0.39 is 0 Å². The molecule has 3 aromatic heterocycles. The van der Waals surface area contributed by atoms with Crippen LogP contribution in [0, 0.1) is 0 Å². The third-order valence-electron chi connectivity index (χ3n) is 7.00. The van der Waals surface area contributed by atoms with Crippen molar-refractivity contribution >= 4 is 55.5 Å². The highest BCUT2D eigenvalue weighted by molar-refractivity contribution is 6.31. The van der Waals surface area contributed by atoms with Gasteiger partial charge in [-0.15, -0.1) is 0 Å². The Balaban J connectivity index is 1.32. The zero-order valence-corrected chi connectivity index (χ0v) is 21.2. The van der Waals surface area contributed by atoms with E-state index in [2.05, 4.69) is 12.1 Å². The van der Waals surface area contributed by atoms with Crippen molar-refractivity contribution in [2.75, 3.05) is 0 Å². The summed E-state index contributed by atoms with van der Waals surface area (Å²) < 4.78 is 12.3. The maximum Gasteiger partial charge on any atom is 0.164 e. The minimum absolute atomic E-state index is 0.559. The van der Waals surface area contributed by atoms with Crippen molar-refractivity contribution in [1.82, 2.24) is 15.0 Å². The Bertz CT molecular complexity index is 2200. The molecule has 0 aliphatic rings. The normalized spacial score (nSPS) is 11.7. The van der Waals surface area contributed by atoms with Gasteiger partial charge in [0.05, 0.1) is 0 Å². The lowest BCUT2D eigenvalue weighted by atomic mass is 10.1. The van der Waals surface area contributed by atoms with Crippen molar-refractivity contribution in [1.29, 1.82) is 0 Å². The molecular formula is C33H18ClN3O2. The lowest BCUT2D eigenvalue weighted by Gasteiger charge is -2.08. The molecule has 0 saturated carbocycles. The van der Waals surface area contributed by atoms with Crippen LogP contribution in [0.4, 0.5) is 0 Å². The van der Waals surface area contributed by atoms with Gasteiger partial charge in [0.25, 0.3) is 0 Å². The summed E-state index contributed by atoms with van der Waals surface area (Å²) in [5.74, 6) is 1.72. The summed E-state index contributed by atoms with van der Waals surface area (Å²) in [7, 11) is 0. The lowest BCUT2D eigenvalue weighted by Crippen LogP contribution is -2.00. The first kappa shape index (κ1) is 22.0. The van der Waals surface area contributed by atoms with Crippen LogP contribution < -0.4 is 0 Å². The fourth-order valence-electron chi connectivity index (χ4n) is 5.10. The second-order valence-electron chi connectivity index (χ2n) is 9.43. The van der Waals surface area contributed by atoms with Gasteiger partial charge in [-0.25, -0.2) is 15.0 Å². The standard InChI is InChI=1S/C33H18ClN3O2/c34-22-12-15-28-26(18-22)25-14-11-21(17-30(25)39-28)33-36-31(19-6-2-1-3-7-19)35-32(37-33)20-10-13-24-23-8-4-5-9-27(23)38-29(24)16-20/h1-18H. The number of benzene rings is 5. The topological polar surface area (TPSA) is 65.0 Å². The average molecular weight is 524 g/mol. The average Bonchev–Trinajstić information content (AvgIpc) is 3.54. The Kier molecular flexibility index (Phi) is 4.81. The van der Waals surface area contributed by atoms with E-state index in [1.54, 1.807) is 0 Å². The van der Waals surface area contributed by atoms with E-state index in [9.17, 15) is 0 Å². The molecule has 6 heteroatoms. The minimum Gasteiger partial charge on any atom is -0.456 e. The van der Waals surface area contributed by atoms with Gasteiger partial charge in [0.2, 0.25) is 0 Å². The SMILES string of the molecule is Clc1ccc2oc3cc(-c4nc(-c5ccccc5)nc(-c5ccc6c(c5)oc5ccccc56)n4)ccc3c2c1. The maximum absolute atomic E-state index is 6.24. The molecule has 5 aromatic carbocycles. The second-order valence-corrected chi connectivity index (χ2v) is 9.87. The van der Waals surface area contributed by atoms with Crippen molar-refractivity contribution in [2.45, 2.75) is 0 Å². The fraction of sp³-hybridized carbons (Fsp3) is 0. The fourth-order valence-corrected chi connectivity index (χ4v) is 5.28. The lowest BCUT2D eigenvalue weighted by molar-refractivity contribution is 0.668. The summed E-state index contributed by atoms with van der Waals surface area (Å²) in [4.78, 5) is 14.6. The van der Waals surface area contributed by atoms with Crippen LogP contribution in [0.5, 0.6) is 0 Å². The Hall–Kier alpha value is -5.00. The van der Waals surface area contributed by atoms with Crippen LogP contribution in [0.3, 0.4) is 0 Å². The molecule has 0 fully saturated rings. The van der Waals surface area contributed by atoms with Gasteiger partial charge in [0.1, 0.15) is 22.3 Å². The quantitative estimate of drug-likeness (QED) is 0.231. The van der Waals surface area contributed by atoms with Crippen LogP contribution in [-0.2, 0) is 0 Å². The molecule has 0 radical (unpaired) electrons. The summed E-state index contributed by atoms with van der Waals surface area (Å²) in [6, 6.07) is 35.7. The van der Waals surface area contributed by atoms with E-state index in [0.29, 0.717) is 22.5 Å². The van der Waals surface area contributed by atoms with Crippen LogP contribution in [0.1, 0.15) is 0 Å². The van der Waals surface area contributed by atoms with Crippen LogP contribution in [0.2, 0.25) is 5.02 Å². The molecule has 0 saturated heterocycles. The Morgan fingerprint density at radius 2 is 0.949 bits per heavy atom. The summed E-state index contributed by atoms with van der Waals surface area (Å²) in [6.45, 7) is 0. The molecule has 0 aliphatic carbocycles. The Morgan fingerprint density at radius 1 is 0.410 bits per heavy atom. The van der Waals surface area contributed by atoms with Crippen LogP contribution in [-0.4, -0.2) is 15.0 Å². The summed E-state index contributed by atoms with van der Waals surface area (Å²) >= 11 is 6.24. The number of aromatic nitrogens is 3. The predicted molar refractivity (Wildman–Crippen MR) is 156 cm³/mol. The van der Waals surface area contributed by atoms with E-state index in [0.717, 1.165) is 60.6 Å². The van der Waals surface area contributed by atoms with E-state index in [4.69, 9.17) is 35.4 Å². The van der Waals surface area contributed by atoms with Gasteiger partial charge in [-0.05, 0) is 48.5 Å². The van der Waals surface area contributed by atoms with Gasteiger partial charge in [-0.2, -0.15) is 0 Å². The molecule has 39 heavy (non-hydrogen) atoms. The molecule has 0 spiro atoms. The molecular weight excluding hydrogens is 506 g/mol. The van der Waals surface area contributed by atoms with E-state index in [1.807, 2.05) is 97.1 Å². The highest BCUT2D eigenvalue weighted by Crippen LogP contribution is 2.35. The third kappa shape index (κ3) is 3.67. The van der Waals surface area contributed by atoms with Crippen LogP contribution >= 0.6 is 11.6 Å². The first-order valence-corrected chi connectivity index (χ1v) is 12.9. The zero-order chi connectivity index (χ0) is 25.9. The summed E-state index contributed by atoms with van der Waals surface area (Å²) in [5.41, 5.74) is 5.76. The van der Waals surface area contributed by atoms with Gasteiger partial charge in [-0.3, -0.25) is 0 Å².